The molecule has 2 aromatic rings. The molecule has 0 radical (unpaired) electrons. The Hall–Kier alpha value is -3.10. The summed E-state index contributed by atoms with van der Waals surface area (Å²) in [5, 5.41) is 1.97. The Kier molecular flexibility index (Phi) is 5.84. The number of nitrogens with one attached hydrogen (secondary N) is 1. The number of alkyl halides is 3. The van der Waals surface area contributed by atoms with Crippen LogP contribution >= 0.6 is 0 Å². The van der Waals surface area contributed by atoms with E-state index in [-0.39, 0.29) is 12.5 Å². The first kappa shape index (κ1) is 21.1. The number of pyridine rings is 1. The lowest BCUT2D eigenvalue weighted by Gasteiger charge is -2.34. The van der Waals surface area contributed by atoms with Gasteiger partial charge in [0.2, 0.25) is 5.91 Å². The van der Waals surface area contributed by atoms with Crippen LogP contribution in [0.2, 0.25) is 0 Å². The minimum Gasteiger partial charge on any atom is -0.355 e. The molecule has 9 heteroatoms. The summed E-state index contributed by atoms with van der Waals surface area (Å²) in [5.74, 6) is -0.922. The lowest BCUT2D eigenvalue weighted by Crippen LogP contribution is -2.46. The molecule has 1 unspecified atom stereocenters. The summed E-state index contributed by atoms with van der Waals surface area (Å²) < 4.78 is 37.3. The van der Waals surface area contributed by atoms with E-state index in [0.717, 1.165) is 17.7 Å². The Labute approximate surface area is 178 Å². The number of halogens is 3. The van der Waals surface area contributed by atoms with E-state index >= 15 is 0 Å². The number of nitrogens with zero attached hydrogens (tertiary/aromatic N) is 3. The van der Waals surface area contributed by atoms with Gasteiger partial charge < -0.3 is 15.1 Å². The summed E-state index contributed by atoms with van der Waals surface area (Å²) in [6.07, 6.45) is -0.965. The number of fused-ring (bicyclic) bond motifs is 1. The molecule has 0 spiro atoms. The number of hydrogen-bond acceptors (Lipinski definition) is 4. The molecule has 0 saturated carbocycles. The Bertz CT molecular complexity index is 979. The zero-order chi connectivity index (χ0) is 22.0. The molecule has 1 atom stereocenters. The molecule has 6 nitrogen and oxygen atoms in total. The van der Waals surface area contributed by atoms with E-state index in [9.17, 15) is 22.8 Å². The molecule has 1 saturated heterocycles. The van der Waals surface area contributed by atoms with Crippen molar-refractivity contribution in [2.75, 3.05) is 36.0 Å². The zero-order valence-electron chi connectivity index (χ0n) is 16.9. The summed E-state index contributed by atoms with van der Waals surface area (Å²) in [7, 11) is 0. The smallest absolute Gasteiger partial charge is 0.355 e. The monoisotopic (exact) mass is 432 g/mol. The van der Waals surface area contributed by atoms with Crippen LogP contribution in [-0.4, -0.2) is 49.2 Å². The number of carbonyl (C=O) groups excluding carboxylic acids is 2. The summed E-state index contributed by atoms with van der Waals surface area (Å²) in [4.78, 5) is 33.6. The van der Waals surface area contributed by atoms with Crippen LogP contribution in [-0.2, 0) is 11.2 Å². The number of anilines is 2. The van der Waals surface area contributed by atoms with Gasteiger partial charge in [-0.25, -0.2) is 4.98 Å². The van der Waals surface area contributed by atoms with E-state index < -0.39 is 24.5 Å². The lowest BCUT2D eigenvalue weighted by atomic mass is 9.96. The second kappa shape index (κ2) is 8.56. The quantitative estimate of drug-likeness (QED) is 0.806. The molecule has 2 amide bonds. The largest absolute Gasteiger partial charge is 0.405 e. The van der Waals surface area contributed by atoms with E-state index in [1.807, 2.05) is 34.5 Å². The number of para-hydroxylation sites is 1. The van der Waals surface area contributed by atoms with Crippen molar-refractivity contribution in [3.05, 3.63) is 53.7 Å². The molecule has 1 aromatic heterocycles. The molecule has 0 aliphatic carbocycles. The average molecular weight is 432 g/mol. The summed E-state index contributed by atoms with van der Waals surface area (Å²) >= 11 is 0. The summed E-state index contributed by atoms with van der Waals surface area (Å²) in [5.41, 5.74) is 2.42. The molecule has 2 aliphatic heterocycles. The van der Waals surface area contributed by atoms with Crippen LogP contribution in [0.3, 0.4) is 0 Å². The van der Waals surface area contributed by atoms with Crippen LogP contribution in [0, 0.1) is 5.92 Å². The van der Waals surface area contributed by atoms with Gasteiger partial charge in [-0.2, -0.15) is 13.2 Å². The highest BCUT2D eigenvalue weighted by atomic mass is 19.4. The molecule has 31 heavy (non-hydrogen) atoms. The highest BCUT2D eigenvalue weighted by molar-refractivity contribution is 6.10. The van der Waals surface area contributed by atoms with Crippen LogP contribution in [0.4, 0.5) is 24.7 Å². The van der Waals surface area contributed by atoms with Gasteiger partial charge in [-0.1, -0.05) is 18.2 Å². The maximum absolute atomic E-state index is 13.4. The van der Waals surface area contributed by atoms with Gasteiger partial charge in [0, 0.05) is 31.5 Å². The molecular formula is C22H23F3N4O2. The SMILES string of the molecule is O=C(NCC(F)(F)F)C1CCCN(c2ncccc2C(=O)N2CCc3ccccc32)C1. The third-order valence-electron chi connectivity index (χ3n) is 5.70. The number of benzene rings is 1. The Morgan fingerprint density at radius 1 is 1.13 bits per heavy atom. The number of hydrogen-bond donors (Lipinski definition) is 1. The zero-order valence-corrected chi connectivity index (χ0v) is 16.9. The number of aromatic nitrogens is 1. The van der Waals surface area contributed by atoms with Gasteiger partial charge >= 0.3 is 6.18 Å². The van der Waals surface area contributed by atoms with Crippen LogP contribution in [0.5, 0.6) is 0 Å². The van der Waals surface area contributed by atoms with Crippen molar-refractivity contribution in [1.82, 2.24) is 10.3 Å². The van der Waals surface area contributed by atoms with Crippen LogP contribution in [0.25, 0.3) is 0 Å². The third-order valence-corrected chi connectivity index (χ3v) is 5.70. The third kappa shape index (κ3) is 4.65. The second-order valence-electron chi connectivity index (χ2n) is 7.83. The fourth-order valence-corrected chi connectivity index (χ4v) is 4.23. The summed E-state index contributed by atoms with van der Waals surface area (Å²) in [6, 6.07) is 11.2. The normalized spacial score (nSPS) is 18.6. The minimum atomic E-state index is -4.45. The molecular weight excluding hydrogens is 409 g/mol. The Morgan fingerprint density at radius 3 is 2.74 bits per heavy atom. The van der Waals surface area contributed by atoms with Crippen LogP contribution in [0.1, 0.15) is 28.8 Å². The molecule has 1 N–H and O–H groups in total. The first-order chi connectivity index (χ1) is 14.8. The van der Waals surface area contributed by atoms with Crippen LogP contribution < -0.4 is 15.1 Å². The first-order valence-electron chi connectivity index (χ1n) is 10.3. The molecule has 164 valence electrons. The molecule has 1 fully saturated rings. The second-order valence-corrected chi connectivity index (χ2v) is 7.83. The highest BCUT2D eigenvalue weighted by Crippen LogP contribution is 2.31. The first-order valence-corrected chi connectivity index (χ1v) is 10.3. The van der Waals surface area contributed by atoms with Gasteiger partial charge in [-0.05, 0) is 43.0 Å². The number of carbonyl (C=O) groups is 2. The molecule has 1 aromatic carbocycles. The van der Waals surface area contributed by atoms with E-state index in [1.165, 1.54) is 0 Å². The molecule has 2 aliphatic rings. The molecule has 3 heterocycles. The molecule has 4 rings (SSSR count). The van der Waals surface area contributed by atoms with Crippen molar-refractivity contribution in [1.29, 1.82) is 0 Å². The van der Waals surface area contributed by atoms with Crippen molar-refractivity contribution in [3.8, 4) is 0 Å². The Morgan fingerprint density at radius 2 is 1.94 bits per heavy atom. The van der Waals surface area contributed by atoms with Crippen molar-refractivity contribution in [3.63, 3.8) is 0 Å². The van der Waals surface area contributed by atoms with Crippen molar-refractivity contribution in [2.45, 2.75) is 25.4 Å². The van der Waals surface area contributed by atoms with E-state index in [1.54, 1.807) is 23.2 Å². The number of amides is 2. The minimum absolute atomic E-state index is 0.170. The van der Waals surface area contributed by atoms with E-state index in [4.69, 9.17) is 0 Å². The topological polar surface area (TPSA) is 65.5 Å². The van der Waals surface area contributed by atoms with Crippen molar-refractivity contribution >= 4 is 23.3 Å². The number of rotatable bonds is 4. The fraction of sp³-hybridized carbons (Fsp3) is 0.409. The van der Waals surface area contributed by atoms with Gasteiger partial charge in [0.05, 0.1) is 11.5 Å². The van der Waals surface area contributed by atoms with Gasteiger partial charge in [-0.3, -0.25) is 9.59 Å². The standard InChI is InChI=1S/C22H23F3N4O2/c23-22(24,25)14-27-20(30)16-6-4-11-28(13-16)19-17(7-3-10-26-19)21(31)29-12-9-15-5-1-2-8-18(15)29/h1-3,5,7-8,10,16H,4,6,9,11-14H2,(H,27,30). The van der Waals surface area contributed by atoms with Crippen molar-refractivity contribution in [2.24, 2.45) is 5.92 Å². The maximum Gasteiger partial charge on any atom is 0.405 e. The fourth-order valence-electron chi connectivity index (χ4n) is 4.23. The summed E-state index contributed by atoms with van der Waals surface area (Å²) in [6.45, 7) is 0.0352. The Balaban J connectivity index is 1.52. The van der Waals surface area contributed by atoms with Gasteiger partial charge in [-0.15, -0.1) is 0 Å². The predicted molar refractivity (Wildman–Crippen MR) is 110 cm³/mol. The lowest BCUT2D eigenvalue weighted by molar-refractivity contribution is -0.140. The van der Waals surface area contributed by atoms with Gasteiger partial charge in [0.25, 0.3) is 5.91 Å². The van der Waals surface area contributed by atoms with Gasteiger partial charge in [0.15, 0.2) is 0 Å². The van der Waals surface area contributed by atoms with Crippen LogP contribution in [0.15, 0.2) is 42.6 Å². The van der Waals surface area contributed by atoms with E-state index in [0.29, 0.717) is 37.3 Å². The average Bonchev–Trinajstić information content (AvgIpc) is 3.21. The number of piperidine rings is 1. The van der Waals surface area contributed by atoms with Crippen molar-refractivity contribution < 1.29 is 22.8 Å². The maximum atomic E-state index is 13.4. The highest BCUT2D eigenvalue weighted by Gasteiger charge is 2.33. The van der Waals surface area contributed by atoms with E-state index in [2.05, 4.69) is 4.98 Å². The molecule has 0 bridgehead atoms. The van der Waals surface area contributed by atoms with Gasteiger partial charge in [0.1, 0.15) is 12.4 Å². The predicted octanol–water partition coefficient (Wildman–Crippen LogP) is 3.18.